The summed E-state index contributed by atoms with van der Waals surface area (Å²) < 4.78 is 11.6. The zero-order valence-electron chi connectivity index (χ0n) is 19.7. The molecule has 1 aromatic heterocycles. The average molecular weight is 428 g/mol. The minimum Gasteiger partial charge on any atom is -0.497 e. The number of hydrogen-bond donors (Lipinski definition) is 0. The highest BCUT2D eigenvalue weighted by molar-refractivity contribution is 5.90. The lowest BCUT2D eigenvalue weighted by Gasteiger charge is -2.30. The predicted octanol–water partition coefficient (Wildman–Crippen LogP) is 5.71. The van der Waals surface area contributed by atoms with Gasteiger partial charge >= 0.3 is 0 Å². The van der Waals surface area contributed by atoms with E-state index in [2.05, 4.69) is 18.7 Å². The van der Waals surface area contributed by atoms with Crippen molar-refractivity contribution in [3.05, 3.63) is 29.5 Å². The number of likely N-dealkylation sites (tertiary alicyclic amines) is 1. The zero-order valence-corrected chi connectivity index (χ0v) is 19.7. The molecule has 0 spiro atoms. The van der Waals surface area contributed by atoms with Gasteiger partial charge in [0.25, 0.3) is 0 Å². The molecule has 0 aliphatic carbocycles. The smallest absolute Gasteiger partial charge is 0.227 e. The molecule has 5 heteroatoms. The van der Waals surface area contributed by atoms with E-state index in [9.17, 15) is 9.59 Å². The summed E-state index contributed by atoms with van der Waals surface area (Å²) in [5.41, 5.74) is 1.07. The van der Waals surface area contributed by atoms with E-state index in [0.29, 0.717) is 24.9 Å². The molecule has 2 heterocycles. The topological polar surface area (TPSA) is 59.8 Å². The number of amides is 1. The first-order valence-corrected chi connectivity index (χ1v) is 11.7. The highest BCUT2D eigenvalue weighted by atomic mass is 16.5. The molecule has 0 radical (unpaired) electrons. The normalized spacial score (nSPS) is 19.2. The Morgan fingerprint density at radius 3 is 2.39 bits per heavy atom. The number of methoxy groups -OCH3 is 1. The Balaban J connectivity index is 1.99. The van der Waals surface area contributed by atoms with Crippen LogP contribution in [0.4, 0.5) is 0 Å². The van der Waals surface area contributed by atoms with Crippen LogP contribution in [0.5, 0.6) is 5.75 Å². The number of carbonyl (C=O) groups excluding carboxylic acids is 2. The number of fused-ring (bicyclic) bond motifs is 1. The van der Waals surface area contributed by atoms with Crippen molar-refractivity contribution in [1.29, 1.82) is 0 Å². The lowest BCUT2D eigenvalue weighted by molar-refractivity contribution is -0.133. The number of aldehydes is 1. The van der Waals surface area contributed by atoms with E-state index in [4.69, 9.17) is 9.15 Å². The summed E-state index contributed by atoms with van der Waals surface area (Å²) in [6.45, 7) is 8.17. The summed E-state index contributed by atoms with van der Waals surface area (Å²) >= 11 is 0. The van der Waals surface area contributed by atoms with Crippen LogP contribution >= 0.6 is 0 Å². The summed E-state index contributed by atoms with van der Waals surface area (Å²) in [6.07, 6.45) is 8.17. The van der Waals surface area contributed by atoms with Crippen LogP contribution in [0.25, 0.3) is 11.0 Å². The molecule has 2 atom stereocenters. The molecule has 1 aliphatic heterocycles. The van der Waals surface area contributed by atoms with Gasteiger partial charge in [0.15, 0.2) is 0 Å². The maximum atomic E-state index is 13.7. The van der Waals surface area contributed by atoms with Crippen LogP contribution in [-0.4, -0.2) is 36.3 Å². The highest BCUT2D eigenvalue weighted by Crippen LogP contribution is 2.35. The van der Waals surface area contributed by atoms with E-state index in [1.165, 1.54) is 0 Å². The Morgan fingerprint density at radius 2 is 1.84 bits per heavy atom. The van der Waals surface area contributed by atoms with Crippen LogP contribution < -0.4 is 4.74 Å². The van der Waals surface area contributed by atoms with E-state index in [0.717, 1.165) is 72.9 Å². The molecule has 1 fully saturated rings. The Hall–Kier alpha value is -2.30. The molecule has 3 rings (SSSR count). The van der Waals surface area contributed by atoms with E-state index in [1.54, 1.807) is 7.11 Å². The standard InChI is InChI=1S/C26H37NO4/c1-6-8-18-10-11-19(9-7-2)27(18)25(29)15-22-21-14-20(30-5)12-13-23(21)31-24(22)16-26(3,4)17-28/h12-14,17-19H,6-11,15-16H2,1-5H3. The molecule has 0 bridgehead atoms. The monoisotopic (exact) mass is 427 g/mol. The molecule has 5 nitrogen and oxygen atoms in total. The first kappa shape index (κ1) is 23.4. The second-order valence-electron chi connectivity index (χ2n) is 9.59. The first-order chi connectivity index (χ1) is 14.8. The summed E-state index contributed by atoms with van der Waals surface area (Å²) in [4.78, 5) is 27.4. The molecular formula is C26H37NO4. The molecule has 1 aromatic carbocycles. The molecule has 2 aromatic rings. The molecule has 2 unspecified atom stereocenters. The molecular weight excluding hydrogens is 390 g/mol. The number of nitrogens with zero attached hydrogens (tertiary/aromatic N) is 1. The second-order valence-corrected chi connectivity index (χ2v) is 9.59. The number of hydrogen-bond acceptors (Lipinski definition) is 4. The fourth-order valence-electron chi connectivity index (χ4n) is 4.94. The van der Waals surface area contributed by atoms with E-state index in [1.807, 2.05) is 32.0 Å². The minimum absolute atomic E-state index is 0.171. The molecule has 1 amide bonds. The van der Waals surface area contributed by atoms with Gasteiger partial charge in [-0.05, 0) is 43.9 Å². The predicted molar refractivity (Wildman–Crippen MR) is 123 cm³/mol. The summed E-state index contributed by atoms with van der Waals surface area (Å²) in [5.74, 6) is 1.63. The first-order valence-electron chi connectivity index (χ1n) is 11.7. The molecule has 170 valence electrons. The Morgan fingerprint density at radius 1 is 1.19 bits per heavy atom. The van der Waals surface area contributed by atoms with Crippen LogP contribution in [0, 0.1) is 5.41 Å². The maximum Gasteiger partial charge on any atom is 0.227 e. The van der Waals surface area contributed by atoms with Crippen LogP contribution in [0.3, 0.4) is 0 Å². The number of ether oxygens (including phenoxy) is 1. The molecule has 1 aliphatic rings. The lowest BCUT2D eigenvalue weighted by Crippen LogP contribution is -2.42. The van der Waals surface area contributed by atoms with Crippen LogP contribution in [-0.2, 0) is 22.4 Å². The average Bonchev–Trinajstić information content (AvgIpc) is 3.29. The van der Waals surface area contributed by atoms with Crippen molar-refractivity contribution < 1.29 is 18.7 Å². The van der Waals surface area contributed by atoms with Crippen molar-refractivity contribution in [3.8, 4) is 5.75 Å². The number of benzene rings is 1. The molecule has 31 heavy (non-hydrogen) atoms. The number of rotatable bonds is 10. The summed E-state index contributed by atoms with van der Waals surface area (Å²) in [6, 6.07) is 6.35. The quantitative estimate of drug-likeness (QED) is 0.456. The number of carbonyl (C=O) groups is 2. The zero-order chi connectivity index (χ0) is 22.6. The Labute approximate surface area is 186 Å². The van der Waals surface area contributed by atoms with Gasteiger partial charge in [-0.2, -0.15) is 0 Å². The minimum atomic E-state index is -0.557. The van der Waals surface area contributed by atoms with Crippen molar-refractivity contribution in [3.63, 3.8) is 0 Å². The molecule has 0 saturated carbocycles. The van der Waals surface area contributed by atoms with E-state index in [-0.39, 0.29) is 5.91 Å². The maximum absolute atomic E-state index is 13.7. The van der Waals surface area contributed by atoms with Crippen molar-refractivity contribution >= 4 is 23.2 Å². The molecule has 0 N–H and O–H groups in total. The van der Waals surface area contributed by atoms with Crippen molar-refractivity contribution in [2.75, 3.05) is 7.11 Å². The second kappa shape index (κ2) is 9.88. The van der Waals surface area contributed by atoms with E-state index < -0.39 is 5.41 Å². The third kappa shape index (κ3) is 5.13. The van der Waals surface area contributed by atoms with Gasteiger partial charge in [-0.15, -0.1) is 0 Å². The lowest BCUT2D eigenvalue weighted by atomic mass is 9.88. The SMILES string of the molecule is CCCC1CCC(CCC)N1C(=O)Cc1c(CC(C)(C)C=O)oc2ccc(OC)cc12. The fourth-order valence-corrected chi connectivity index (χ4v) is 4.94. The Kier molecular flexibility index (Phi) is 7.45. The van der Waals surface area contributed by atoms with Gasteiger partial charge in [0.1, 0.15) is 23.4 Å². The van der Waals surface area contributed by atoms with E-state index >= 15 is 0 Å². The van der Waals surface area contributed by atoms with Gasteiger partial charge in [0.05, 0.1) is 13.5 Å². The number of furan rings is 1. The van der Waals surface area contributed by atoms with Crippen molar-refractivity contribution in [2.45, 2.75) is 91.1 Å². The van der Waals surface area contributed by atoms with Crippen molar-refractivity contribution in [2.24, 2.45) is 5.41 Å². The summed E-state index contributed by atoms with van der Waals surface area (Å²) in [7, 11) is 1.64. The Bertz CT molecular complexity index is 900. The fraction of sp³-hybridized carbons (Fsp3) is 0.615. The van der Waals surface area contributed by atoms with Gasteiger partial charge < -0.3 is 18.8 Å². The van der Waals surface area contributed by atoms with Gasteiger partial charge in [0.2, 0.25) is 5.91 Å². The van der Waals surface area contributed by atoms with Crippen LogP contribution in [0.1, 0.15) is 77.5 Å². The van der Waals surface area contributed by atoms with Crippen LogP contribution in [0.2, 0.25) is 0 Å². The largest absolute Gasteiger partial charge is 0.497 e. The van der Waals surface area contributed by atoms with Gasteiger partial charge in [-0.3, -0.25) is 4.79 Å². The van der Waals surface area contributed by atoms with Crippen molar-refractivity contribution in [1.82, 2.24) is 4.90 Å². The third-order valence-corrected chi connectivity index (χ3v) is 6.50. The molecule has 1 saturated heterocycles. The summed E-state index contributed by atoms with van der Waals surface area (Å²) in [5, 5.41) is 0.905. The highest BCUT2D eigenvalue weighted by Gasteiger charge is 2.36. The van der Waals surface area contributed by atoms with Gasteiger partial charge in [0, 0.05) is 34.9 Å². The van der Waals surface area contributed by atoms with Gasteiger partial charge in [-0.25, -0.2) is 0 Å². The van der Waals surface area contributed by atoms with Crippen LogP contribution in [0.15, 0.2) is 22.6 Å². The van der Waals surface area contributed by atoms with Gasteiger partial charge in [-0.1, -0.05) is 40.5 Å². The third-order valence-electron chi connectivity index (χ3n) is 6.50.